The lowest BCUT2D eigenvalue weighted by Crippen LogP contribution is -2.61. The highest BCUT2D eigenvalue weighted by molar-refractivity contribution is 7.00. The second-order valence-electron chi connectivity index (χ2n) is 26.3. The summed E-state index contributed by atoms with van der Waals surface area (Å²) in [4.78, 5) is 5.32. The van der Waals surface area contributed by atoms with Crippen molar-refractivity contribution in [3.63, 3.8) is 0 Å². The van der Waals surface area contributed by atoms with E-state index in [1.807, 2.05) is 0 Å². The van der Waals surface area contributed by atoms with Crippen LogP contribution in [0.4, 0.5) is 34.1 Å². The summed E-state index contributed by atoms with van der Waals surface area (Å²) >= 11 is 0. The second kappa shape index (κ2) is 17.1. The third kappa shape index (κ3) is 7.47. The first-order valence-corrected chi connectivity index (χ1v) is 28.2. The van der Waals surface area contributed by atoms with Crippen molar-refractivity contribution in [1.82, 2.24) is 4.57 Å². The van der Waals surface area contributed by atoms with Crippen molar-refractivity contribution >= 4 is 101 Å². The fourth-order valence-corrected chi connectivity index (χ4v) is 13.6. The van der Waals surface area contributed by atoms with Crippen LogP contribution in [0.15, 0.2) is 150 Å². The number of benzene rings is 9. The van der Waals surface area contributed by atoms with Crippen LogP contribution in [0.3, 0.4) is 0 Å². The lowest BCUT2D eigenvalue weighted by Gasteiger charge is -2.46. The topological polar surface area (TPSA) is 24.6 Å². The van der Waals surface area contributed by atoms with Gasteiger partial charge in [0.05, 0.1) is 28.1 Å². The molecule has 388 valence electrons. The summed E-state index contributed by atoms with van der Waals surface area (Å²) in [5.74, 6) is 0. The maximum absolute atomic E-state index is 6.69. The fourth-order valence-electron chi connectivity index (χ4n) is 13.6. The predicted octanol–water partition coefficient (Wildman–Crippen LogP) is 18.5. The normalized spacial score (nSPS) is 13.6. The van der Waals surface area contributed by atoms with Gasteiger partial charge in [0, 0.05) is 49.9 Å². The van der Waals surface area contributed by atoms with E-state index in [-0.39, 0.29) is 23.0 Å². The van der Waals surface area contributed by atoms with E-state index in [9.17, 15) is 0 Å². The summed E-state index contributed by atoms with van der Waals surface area (Å²) in [5, 5.41) is 4.82. The van der Waals surface area contributed by atoms with Gasteiger partial charge in [-0.15, -0.1) is 0 Å². The van der Waals surface area contributed by atoms with Crippen molar-refractivity contribution in [3.8, 4) is 16.8 Å². The predicted molar refractivity (Wildman–Crippen MR) is 337 cm³/mol. The minimum Gasteiger partial charge on any atom is -0.455 e. The lowest BCUT2D eigenvalue weighted by molar-refractivity contribution is 0.589. The minimum atomic E-state index is -0.0645. The molecule has 0 saturated carbocycles. The van der Waals surface area contributed by atoms with E-state index < -0.39 is 0 Å². The van der Waals surface area contributed by atoms with E-state index in [0.29, 0.717) is 0 Å². The van der Waals surface area contributed by atoms with Gasteiger partial charge in [0.15, 0.2) is 0 Å². The largest absolute Gasteiger partial charge is 0.455 e. The minimum absolute atomic E-state index is 0.00951. The maximum atomic E-state index is 6.69. The first-order chi connectivity index (χ1) is 37.0. The molecule has 0 unspecified atom stereocenters. The van der Waals surface area contributed by atoms with Gasteiger partial charge in [0.2, 0.25) is 0 Å². The molecule has 13 rings (SSSR count). The molecule has 9 aromatic carbocycles. The average molecular weight is 1020 g/mol. The number of rotatable bonds is 4. The zero-order valence-corrected chi connectivity index (χ0v) is 48.7. The summed E-state index contributed by atoms with van der Waals surface area (Å²) in [6.45, 7) is 37.1. The molecule has 0 amide bonds. The molecule has 0 radical (unpaired) electrons. The van der Waals surface area contributed by atoms with E-state index in [2.05, 4.69) is 271 Å². The van der Waals surface area contributed by atoms with Crippen molar-refractivity contribution in [3.05, 3.63) is 201 Å². The molecule has 2 aliphatic rings. The van der Waals surface area contributed by atoms with Crippen molar-refractivity contribution in [2.75, 3.05) is 9.80 Å². The Balaban J connectivity index is 1.16. The molecule has 0 fully saturated rings. The molecule has 2 aromatic heterocycles. The zero-order chi connectivity index (χ0) is 54.8. The molecule has 0 spiro atoms. The van der Waals surface area contributed by atoms with Crippen LogP contribution in [-0.4, -0.2) is 11.3 Å². The molecule has 0 bridgehead atoms. The number of hydrogen-bond donors (Lipinski definition) is 0. The van der Waals surface area contributed by atoms with E-state index >= 15 is 0 Å². The van der Waals surface area contributed by atoms with Gasteiger partial charge >= 0.3 is 0 Å². The Hall–Kier alpha value is -7.76. The molecule has 4 nitrogen and oxygen atoms in total. The molecule has 11 aromatic rings. The summed E-state index contributed by atoms with van der Waals surface area (Å²) in [6, 6.07) is 56.2. The van der Waals surface area contributed by atoms with E-state index in [1.54, 1.807) is 0 Å². The highest BCUT2D eigenvalue weighted by Gasteiger charge is 2.45. The number of hydrogen-bond acceptors (Lipinski definition) is 3. The molecule has 0 N–H and O–H groups in total. The van der Waals surface area contributed by atoms with Gasteiger partial charge in [0.1, 0.15) is 11.2 Å². The molecular formula is C73H72BN3O. The van der Waals surface area contributed by atoms with Gasteiger partial charge in [-0.25, -0.2) is 0 Å². The number of aromatic nitrogens is 1. The fraction of sp³-hybridized carbons (Fsp3) is 0.260. The third-order valence-electron chi connectivity index (χ3n) is 17.5. The Bertz CT molecular complexity index is 4300. The molecule has 0 aliphatic carbocycles. The highest BCUT2D eigenvalue weighted by atomic mass is 16.3. The molecular weight excluding hydrogens is 946 g/mol. The molecule has 0 atom stereocenters. The van der Waals surface area contributed by atoms with Crippen molar-refractivity contribution in [2.45, 2.75) is 127 Å². The number of fused-ring (bicyclic) bond motifs is 10. The standard InChI is InChI=1S/C73H72BN3O/c1-41-31-63-66-64(32-41)77(68-44(4)33-48(34-45(68)5)52-24-20-25-55-54-23-17-18-26-65(54)78-70(52)55)62-40-60-56(53-29-27-49(71(8,9)10)37-59(53)75(60)67-42(2)21-19-22-43(67)3)39-58(62)74(66)57-30-28-50(72(11,12)13)38-61(57)76(63)69-46(6)35-51(36-47(69)7)73(14,15)16/h17-40H,1-16H3. The van der Waals surface area contributed by atoms with Crippen LogP contribution in [-0.2, 0) is 16.2 Å². The van der Waals surface area contributed by atoms with Gasteiger partial charge in [-0.3, -0.25) is 0 Å². The molecule has 0 saturated heterocycles. The monoisotopic (exact) mass is 1020 g/mol. The van der Waals surface area contributed by atoms with Crippen LogP contribution < -0.4 is 26.2 Å². The van der Waals surface area contributed by atoms with Gasteiger partial charge in [-0.05, 0) is 191 Å². The molecule has 4 heterocycles. The van der Waals surface area contributed by atoms with E-state index in [1.165, 1.54) is 134 Å². The smallest absolute Gasteiger partial charge is 0.252 e. The first-order valence-electron chi connectivity index (χ1n) is 28.2. The van der Waals surface area contributed by atoms with Crippen LogP contribution in [0.5, 0.6) is 0 Å². The van der Waals surface area contributed by atoms with E-state index in [0.717, 1.165) is 33.1 Å². The Morgan fingerprint density at radius 2 is 0.923 bits per heavy atom. The number of aryl methyl sites for hydroxylation is 7. The quantitative estimate of drug-likeness (QED) is 0.164. The summed E-state index contributed by atoms with van der Waals surface area (Å²) in [5.41, 5.74) is 31.8. The third-order valence-corrected chi connectivity index (χ3v) is 17.5. The Kier molecular flexibility index (Phi) is 10.9. The van der Waals surface area contributed by atoms with Crippen LogP contribution in [0.2, 0.25) is 0 Å². The second-order valence-corrected chi connectivity index (χ2v) is 26.3. The van der Waals surface area contributed by atoms with Gasteiger partial charge in [0.25, 0.3) is 6.71 Å². The van der Waals surface area contributed by atoms with Crippen LogP contribution >= 0.6 is 0 Å². The Morgan fingerprint density at radius 1 is 0.385 bits per heavy atom. The van der Waals surface area contributed by atoms with Crippen molar-refractivity contribution in [1.29, 1.82) is 0 Å². The maximum Gasteiger partial charge on any atom is 0.252 e. The molecule has 5 heteroatoms. The first kappa shape index (κ1) is 49.8. The Morgan fingerprint density at radius 3 is 1.55 bits per heavy atom. The van der Waals surface area contributed by atoms with Gasteiger partial charge in [-0.2, -0.15) is 0 Å². The lowest BCUT2D eigenvalue weighted by atomic mass is 9.33. The van der Waals surface area contributed by atoms with Gasteiger partial charge in [-0.1, -0.05) is 159 Å². The summed E-state index contributed by atoms with van der Waals surface area (Å²) in [7, 11) is 0. The Labute approximate surface area is 462 Å². The summed E-state index contributed by atoms with van der Waals surface area (Å²) in [6.07, 6.45) is 0. The average Bonchev–Trinajstić information content (AvgIpc) is 2.99. The van der Waals surface area contributed by atoms with Crippen LogP contribution in [0.1, 0.15) is 118 Å². The van der Waals surface area contributed by atoms with Crippen molar-refractivity contribution in [2.24, 2.45) is 0 Å². The number of anilines is 6. The van der Waals surface area contributed by atoms with Crippen LogP contribution in [0.25, 0.3) is 60.6 Å². The van der Waals surface area contributed by atoms with Gasteiger partial charge < -0.3 is 18.8 Å². The number of nitrogens with zero attached hydrogens (tertiary/aromatic N) is 3. The highest BCUT2D eigenvalue weighted by Crippen LogP contribution is 2.51. The number of furan rings is 1. The van der Waals surface area contributed by atoms with Crippen LogP contribution in [0, 0.1) is 48.5 Å². The van der Waals surface area contributed by atoms with Crippen molar-refractivity contribution < 1.29 is 4.42 Å². The molecule has 2 aliphatic heterocycles. The SMILES string of the molecule is Cc1cc2c3c(c1)N(c1c(C)cc(-c4cccc5c4oc4ccccc45)cc1C)c1cc4c(cc1B3c1ccc(C(C)(C)C)cc1N2c1c(C)cc(C(C)(C)C)cc1C)c1ccc(C(C)(C)C)cc1n4-c1c(C)cccc1C. The van der Waals surface area contributed by atoms with E-state index in [4.69, 9.17) is 4.42 Å². The number of para-hydroxylation sites is 3. The zero-order valence-electron chi connectivity index (χ0n) is 48.7. The summed E-state index contributed by atoms with van der Waals surface area (Å²) < 4.78 is 9.29. The molecule has 78 heavy (non-hydrogen) atoms.